The highest BCUT2D eigenvalue weighted by Gasteiger charge is 2.10. The largest absolute Gasteiger partial charge is 0.354 e. The van der Waals surface area contributed by atoms with Gasteiger partial charge in [-0.2, -0.15) is 0 Å². The summed E-state index contributed by atoms with van der Waals surface area (Å²) in [6.07, 6.45) is 2.11. The van der Waals surface area contributed by atoms with Crippen LogP contribution >= 0.6 is 11.3 Å². The second-order valence-electron chi connectivity index (χ2n) is 4.58. The molecule has 0 aliphatic heterocycles. The number of amides is 2. The van der Waals surface area contributed by atoms with Gasteiger partial charge in [0.2, 0.25) is 5.91 Å². The topological polar surface area (TPSA) is 58.2 Å². The maximum Gasteiger partial charge on any atom is 0.261 e. The van der Waals surface area contributed by atoms with E-state index in [9.17, 15) is 9.59 Å². The Kier molecular flexibility index (Phi) is 6.56. The molecule has 0 aliphatic rings. The SMILES string of the molecule is CCC(CC)CNC(=O)CNC(=O)c1ccc(C)s1. The lowest BCUT2D eigenvalue weighted by Crippen LogP contribution is -2.38. The molecule has 0 atom stereocenters. The molecule has 1 aromatic heterocycles. The number of rotatable bonds is 7. The van der Waals surface area contributed by atoms with E-state index in [-0.39, 0.29) is 18.4 Å². The van der Waals surface area contributed by atoms with Crippen LogP contribution in [-0.4, -0.2) is 24.9 Å². The van der Waals surface area contributed by atoms with Crippen LogP contribution in [0.4, 0.5) is 0 Å². The highest BCUT2D eigenvalue weighted by molar-refractivity contribution is 7.13. The van der Waals surface area contributed by atoms with Gasteiger partial charge < -0.3 is 10.6 Å². The number of carbonyl (C=O) groups excluding carboxylic acids is 2. The molecule has 0 bridgehead atoms. The molecule has 106 valence electrons. The molecule has 0 aliphatic carbocycles. The zero-order valence-corrected chi connectivity index (χ0v) is 12.6. The van der Waals surface area contributed by atoms with Crippen LogP contribution in [0.25, 0.3) is 0 Å². The maximum absolute atomic E-state index is 11.7. The molecule has 19 heavy (non-hydrogen) atoms. The van der Waals surface area contributed by atoms with Gasteiger partial charge in [0, 0.05) is 11.4 Å². The number of thiophene rings is 1. The number of aryl methyl sites for hydroxylation is 1. The molecule has 2 N–H and O–H groups in total. The molecule has 0 saturated carbocycles. The summed E-state index contributed by atoms with van der Waals surface area (Å²) in [5.74, 6) is 0.198. The van der Waals surface area contributed by atoms with Crippen LogP contribution in [0.5, 0.6) is 0 Å². The minimum atomic E-state index is -0.184. The Labute approximate surface area is 118 Å². The molecule has 0 unspecified atom stereocenters. The summed E-state index contributed by atoms with van der Waals surface area (Å²) < 4.78 is 0. The van der Waals surface area contributed by atoms with Crippen molar-refractivity contribution in [1.29, 1.82) is 0 Å². The van der Waals surface area contributed by atoms with Gasteiger partial charge in [-0.1, -0.05) is 26.7 Å². The highest BCUT2D eigenvalue weighted by Crippen LogP contribution is 2.14. The standard InChI is InChI=1S/C14H22N2O2S/c1-4-11(5-2)8-15-13(17)9-16-14(18)12-7-6-10(3)19-12/h6-7,11H,4-5,8-9H2,1-3H3,(H,15,17)(H,16,18). The third kappa shape index (κ3) is 5.42. The van der Waals surface area contributed by atoms with Crippen LogP contribution in [0.3, 0.4) is 0 Å². The zero-order valence-electron chi connectivity index (χ0n) is 11.8. The third-order valence-corrected chi connectivity index (χ3v) is 4.12. The summed E-state index contributed by atoms with van der Waals surface area (Å²) in [5, 5.41) is 5.48. The fourth-order valence-corrected chi connectivity index (χ4v) is 2.49. The Morgan fingerprint density at radius 3 is 2.42 bits per heavy atom. The molecule has 2 amide bonds. The Morgan fingerprint density at radius 2 is 1.89 bits per heavy atom. The Hall–Kier alpha value is -1.36. The van der Waals surface area contributed by atoms with Crippen molar-refractivity contribution in [2.45, 2.75) is 33.6 Å². The average molecular weight is 282 g/mol. The van der Waals surface area contributed by atoms with Crippen molar-refractivity contribution in [1.82, 2.24) is 10.6 Å². The summed E-state index contributed by atoms with van der Waals surface area (Å²) >= 11 is 1.43. The summed E-state index contributed by atoms with van der Waals surface area (Å²) in [7, 11) is 0. The molecule has 0 spiro atoms. The fourth-order valence-electron chi connectivity index (χ4n) is 1.70. The van der Waals surface area contributed by atoms with Gasteiger partial charge in [0.1, 0.15) is 0 Å². The van der Waals surface area contributed by atoms with Crippen LogP contribution < -0.4 is 10.6 Å². The fraction of sp³-hybridized carbons (Fsp3) is 0.571. The number of nitrogens with one attached hydrogen (secondary N) is 2. The molecule has 0 aromatic carbocycles. The van der Waals surface area contributed by atoms with Crippen molar-refractivity contribution in [3.05, 3.63) is 21.9 Å². The molecule has 5 heteroatoms. The van der Waals surface area contributed by atoms with Gasteiger partial charge in [-0.05, 0) is 25.0 Å². The van der Waals surface area contributed by atoms with Gasteiger partial charge in [0.25, 0.3) is 5.91 Å². The lowest BCUT2D eigenvalue weighted by atomic mass is 10.0. The molecule has 0 radical (unpaired) electrons. The van der Waals surface area contributed by atoms with E-state index >= 15 is 0 Å². The Bertz CT molecular complexity index is 425. The number of carbonyl (C=O) groups is 2. The monoisotopic (exact) mass is 282 g/mol. The van der Waals surface area contributed by atoms with Crippen molar-refractivity contribution in [3.8, 4) is 0 Å². The van der Waals surface area contributed by atoms with Gasteiger partial charge in [-0.15, -0.1) is 11.3 Å². The van der Waals surface area contributed by atoms with E-state index < -0.39 is 0 Å². The van der Waals surface area contributed by atoms with Gasteiger partial charge in [0.05, 0.1) is 11.4 Å². The first kappa shape index (κ1) is 15.7. The Morgan fingerprint density at radius 1 is 1.21 bits per heavy atom. The summed E-state index contributed by atoms with van der Waals surface area (Å²) in [6.45, 7) is 6.89. The number of hydrogen-bond acceptors (Lipinski definition) is 3. The van der Waals surface area contributed by atoms with Crippen LogP contribution in [-0.2, 0) is 4.79 Å². The molecule has 1 aromatic rings. The van der Waals surface area contributed by atoms with E-state index in [2.05, 4.69) is 24.5 Å². The van der Waals surface area contributed by atoms with Crippen LogP contribution in [0, 0.1) is 12.8 Å². The minimum Gasteiger partial charge on any atom is -0.354 e. The minimum absolute atomic E-state index is 0.0376. The molecule has 0 fully saturated rings. The third-order valence-electron chi connectivity index (χ3n) is 3.12. The van der Waals surface area contributed by atoms with E-state index in [0.29, 0.717) is 17.3 Å². The lowest BCUT2D eigenvalue weighted by molar-refractivity contribution is -0.120. The Balaban J connectivity index is 2.28. The van der Waals surface area contributed by atoms with Crippen LogP contribution in [0.15, 0.2) is 12.1 Å². The quantitative estimate of drug-likeness (QED) is 0.806. The summed E-state index contributed by atoms with van der Waals surface area (Å²) in [5.41, 5.74) is 0. The van der Waals surface area contributed by atoms with Crippen molar-refractivity contribution in [2.75, 3.05) is 13.1 Å². The molecule has 4 nitrogen and oxygen atoms in total. The van der Waals surface area contributed by atoms with E-state index in [4.69, 9.17) is 0 Å². The summed E-state index contributed by atoms with van der Waals surface area (Å²) in [6, 6.07) is 3.67. The second kappa shape index (κ2) is 7.94. The predicted molar refractivity (Wildman–Crippen MR) is 78.5 cm³/mol. The van der Waals surface area contributed by atoms with E-state index in [1.807, 2.05) is 13.0 Å². The average Bonchev–Trinajstić information content (AvgIpc) is 2.84. The molecule has 1 heterocycles. The summed E-state index contributed by atoms with van der Waals surface area (Å²) in [4.78, 5) is 25.1. The van der Waals surface area contributed by atoms with Gasteiger partial charge in [-0.25, -0.2) is 0 Å². The normalized spacial score (nSPS) is 10.5. The van der Waals surface area contributed by atoms with Gasteiger partial charge >= 0.3 is 0 Å². The predicted octanol–water partition coefficient (Wildman–Crippen LogP) is 2.34. The molecular weight excluding hydrogens is 260 g/mol. The van der Waals surface area contributed by atoms with Gasteiger partial charge in [0.15, 0.2) is 0 Å². The smallest absolute Gasteiger partial charge is 0.261 e. The zero-order chi connectivity index (χ0) is 14.3. The lowest BCUT2D eigenvalue weighted by Gasteiger charge is -2.13. The van der Waals surface area contributed by atoms with E-state index in [0.717, 1.165) is 17.7 Å². The first-order valence-corrected chi connectivity index (χ1v) is 7.49. The molecular formula is C14H22N2O2S. The number of hydrogen-bond donors (Lipinski definition) is 2. The van der Waals surface area contributed by atoms with Crippen molar-refractivity contribution < 1.29 is 9.59 Å². The van der Waals surface area contributed by atoms with Crippen LogP contribution in [0.1, 0.15) is 41.2 Å². The van der Waals surface area contributed by atoms with Gasteiger partial charge in [-0.3, -0.25) is 9.59 Å². The first-order chi connectivity index (χ1) is 9.06. The maximum atomic E-state index is 11.7. The molecule has 0 saturated heterocycles. The van der Waals surface area contributed by atoms with Crippen molar-refractivity contribution >= 4 is 23.2 Å². The van der Waals surface area contributed by atoms with E-state index in [1.54, 1.807) is 6.07 Å². The van der Waals surface area contributed by atoms with Crippen LogP contribution in [0.2, 0.25) is 0 Å². The van der Waals surface area contributed by atoms with Crippen molar-refractivity contribution in [2.24, 2.45) is 5.92 Å². The second-order valence-corrected chi connectivity index (χ2v) is 5.87. The first-order valence-electron chi connectivity index (χ1n) is 6.68. The van der Waals surface area contributed by atoms with Crippen molar-refractivity contribution in [3.63, 3.8) is 0 Å². The molecule has 1 rings (SSSR count). The van der Waals surface area contributed by atoms with E-state index in [1.165, 1.54) is 11.3 Å². The highest BCUT2D eigenvalue weighted by atomic mass is 32.1.